The molecule has 1 aromatic carbocycles. The van der Waals surface area contributed by atoms with Crippen molar-refractivity contribution in [2.75, 3.05) is 19.6 Å². The molecule has 2 amide bonds. The fourth-order valence-electron chi connectivity index (χ4n) is 2.13. The van der Waals surface area contributed by atoms with E-state index < -0.39 is 0 Å². The molecule has 2 heterocycles. The lowest BCUT2D eigenvalue weighted by Gasteiger charge is -2.26. The summed E-state index contributed by atoms with van der Waals surface area (Å²) in [6, 6.07) is 5.45. The lowest BCUT2D eigenvalue weighted by Crippen LogP contribution is -2.50. The fourth-order valence-corrected chi connectivity index (χ4v) is 2.13. The lowest BCUT2D eigenvalue weighted by atomic mass is 10.1. The van der Waals surface area contributed by atoms with Crippen LogP contribution in [0.3, 0.4) is 0 Å². The minimum atomic E-state index is -0.139. The number of nitrogens with zero attached hydrogens (tertiary/aromatic N) is 2. The zero-order valence-corrected chi connectivity index (χ0v) is 9.64. The van der Waals surface area contributed by atoms with Gasteiger partial charge in [-0.05, 0) is 6.07 Å². The molecule has 3 rings (SSSR count). The molecule has 1 aliphatic rings. The summed E-state index contributed by atoms with van der Waals surface area (Å²) in [5, 5.41) is 10.3. The van der Waals surface area contributed by atoms with Gasteiger partial charge in [-0.25, -0.2) is 0 Å². The Balaban J connectivity index is 1.96. The molecule has 0 radical (unpaired) electrons. The number of para-hydroxylation sites is 1. The van der Waals surface area contributed by atoms with Crippen LogP contribution in [-0.2, 0) is 4.79 Å². The highest BCUT2D eigenvalue weighted by atomic mass is 16.2. The highest BCUT2D eigenvalue weighted by Gasteiger charge is 2.23. The number of aromatic amines is 1. The summed E-state index contributed by atoms with van der Waals surface area (Å²) >= 11 is 0. The van der Waals surface area contributed by atoms with E-state index in [0.29, 0.717) is 24.2 Å². The molecule has 2 aromatic rings. The van der Waals surface area contributed by atoms with Crippen molar-refractivity contribution in [3.63, 3.8) is 0 Å². The minimum absolute atomic E-state index is 0.114. The standard InChI is InChI=1S/C12H12N4O2/c17-10-7-16(5-4-13-10)12(18)9-3-1-2-8-6-14-15-11(8)9/h1-3,6H,4-5,7H2,(H,13,17)(H,14,15). The first-order chi connectivity index (χ1) is 8.75. The number of piperazine rings is 1. The summed E-state index contributed by atoms with van der Waals surface area (Å²) in [4.78, 5) is 25.2. The molecule has 0 saturated carbocycles. The van der Waals surface area contributed by atoms with Gasteiger partial charge in [-0.3, -0.25) is 14.7 Å². The monoisotopic (exact) mass is 244 g/mol. The predicted octanol–water partition coefficient (Wildman–Crippen LogP) is 0.135. The first kappa shape index (κ1) is 10.8. The van der Waals surface area contributed by atoms with Gasteiger partial charge in [0.15, 0.2) is 0 Å². The Hall–Kier alpha value is -2.37. The molecule has 18 heavy (non-hydrogen) atoms. The largest absolute Gasteiger partial charge is 0.353 e. The maximum atomic E-state index is 12.4. The van der Waals surface area contributed by atoms with Crippen molar-refractivity contribution < 1.29 is 9.59 Å². The number of carbonyl (C=O) groups is 2. The quantitative estimate of drug-likeness (QED) is 0.748. The van der Waals surface area contributed by atoms with Gasteiger partial charge < -0.3 is 10.2 Å². The van der Waals surface area contributed by atoms with Gasteiger partial charge in [0.2, 0.25) is 5.91 Å². The van der Waals surface area contributed by atoms with Crippen molar-refractivity contribution in [3.05, 3.63) is 30.0 Å². The van der Waals surface area contributed by atoms with E-state index in [2.05, 4.69) is 15.5 Å². The molecule has 2 N–H and O–H groups in total. The Bertz CT molecular complexity index is 619. The second-order valence-electron chi connectivity index (χ2n) is 4.22. The molecule has 1 aliphatic heterocycles. The average molecular weight is 244 g/mol. The Kier molecular flexibility index (Phi) is 2.47. The molecule has 6 heteroatoms. The molecule has 0 bridgehead atoms. The van der Waals surface area contributed by atoms with Crippen LogP contribution in [0.25, 0.3) is 10.9 Å². The number of carbonyl (C=O) groups excluding carboxylic acids is 2. The SMILES string of the molecule is O=C1CN(C(=O)c2cccc3cn[nH]c23)CCN1. The lowest BCUT2D eigenvalue weighted by molar-refractivity contribution is -0.123. The van der Waals surface area contributed by atoms with Crippen LogP contribution in [0.2, 0.25) is 0 Å². The average Bonchev–Trinajstić information content (AvgIpc) is 2.86. The first-order valence-electron chi connectivity index (χ1n) is 5.74. The molecule has 0 aliphatic carbocycles. The van der Waals surface area contributed by atoms with Crippen LogP contribution in [0.5, 0.6) is 0 Å². The zero-order valence-electron chi connectivity index (χ0n) is 9.64. The molecule has 1 aromatic heterocycles. The molecule has 6 nitrogen and oxygen atoms in total. The molecular formula is C12H12N4O2. The first-order valence-corrected chi connectivity index (χ1v) is 5.74. The normalized spacial score (nSPS) is 15.8. The van der Waals surface area contributed by atoms with Crippen LogP contribution in [-0.4, -0.2) is 46.5 Å². The maximum absolute atomic E-state index is 12.4. The third-order valence-corrected chi connectivity index (χ3v) is 3.03. The van der Waals surface area contributed by atoms with Crippen LogP contribution >= 0.6 is 0 Å². The topological polar surface area (TPSA) is 78.1 Å². The van der Waals surface area contributed by atoms with Gasteiger partial charge in [0.05, 0.1) is 23.8 Å². The van der Waals surface area contributed by atoms with Crippen molar-refractivity contribution in [2.24, 2.45) is 0 Å². The van der Waals surface area contributed by atoms with Crippen molar-refractivity contribution in [3.8, 4) is 0 Å². The third-order valence-electron chi connectivity index (χ3n) is 3.03. The van der Waals surface area contributed by atoms with E-state index in [4.69, 9.17) is 0 Å². The van der Waals surface area contributed by atoms with E-state index in [1.54, 1.807) is 17.2 Å². The summed E-state index contributed by atoms with van der Waals surface area (Å²) in [6.45, 7) is 1.15. The number of hydrogen-bond acceptors (Lipinski definition) is 3. The van der Waals surface area contributed by atoms with Gasteiger partial charge >= 0.3 is 0 Å². The Labute approximate surface area is 103 Å². The fraction of sp³-hybridized carbons (Fsp3) is 0.250. The van der Waals surface area contributed by atoms with Crippen LogP contribution < -0.4 is 5.32 Å². The third kappa shape index (κ3) is 1.71. The van der Waals surface area contributed by atoms with Gasteiger partial charge in [0.25, 0.3) is 5.91 Å². The summed E-state index contributed by atoms with van der Waals surface area (Å²) in [6.07, 6.45) is 1.68. The summed E-state index contributed by atoms with van der Waals surface area (Å²) < 4.78 is 0. The highest BCUT2D eigenvalue weighted by molar-refractivity contribution is 6.06. The highest BCUT2D eigenvalue weighted by Crippen LogP contribution is 2.17. The van der Waals surface area contributed by atoms with E-state index in [9.17, 15) is 9.59 Å². The molecule has 92 valence electrons. The number of nitrogens with one attached hydrogen (secondary N) is 2. The summed E-state index contributed by atoms with van der Waals surface area (Å²) in [5.41, 5.74) is 1.27. The minimum Gasteiger partial charge on any atom is -0.353 e. The van der Waals surface area contributed by atoms with Gasteiger partial charge in [-0.2, -0.15) is 5.10 Å². The zero-order chi connectivity index (χ0) is 12.5. The molecule has 0 spiro atoms. The smallest absolute Gasteiger partial charge is 0.256 e. The van der Waals surface area contributed by atoms with Crippen LogP contribution in [0.4, 0.5) is 0 Å². The molecule has 1 saturated heterocycles. The van der Waals surface area contributed by atoms with Gasteiger partial charge in [0, 0.05) is 18.5 Å². The number of H-pyrrole nitrogens is 1. The second-order valence-corrected chi connectivity index (χ2v) is 4.22. The molecule has 1 fully saturated rings. The Morgan fingerprint density at radius 3 is 3.11 bits per heavy atom. The number of rotatable bonds is 1. The van der Waals surface area contributed by atoms with E-state index in [0.717, 1.165) is 5.39 Å². The van der Waals surface area contributed by atoms with Crippen LogP contribution in [0.15, 0.2) is 24.4 Å². The van der Waals surface area contributed by atoms with E-state index >= 15 is 0 Å². The number of fused-ring (bicyclic) bond motifs is 1. The van der Waals surface area contributed by atoms with Gasteiger partial charge in [-0.1, -0.05) is 12.1 Å². The van der Waals surface area contributed by atoms with Crippen molar-refractivity contribution in [1.29, 1.82) is 0 Å². The van der Waals surface area contributed by atoms with E-state index in [1.165, 1.54) is 0 Å². The molecular weight excluding hydrogens is 232 g/mol. The van der Waals surface area contributed by atoms with Gasteiger partial charge in [-0.15, -0.1) is 0 Å². The van der Waals surface area contributed by atoms with E-state index in [1.807, 2.05) is 12.1 Å². The van der Waals surface area contributed by atoms with Crippen LogP contribution in [0, 0.1) is 0 Å². The number of benzene rings is 1. The Morgan fingerprint density at radius 2 is 2.28 bits per heavy atom. The second kappa shape index (κ2) is 4.14. The van der Waals surface area contributed by atoms with Crippen molar-refractivity contribution >= 4 is 22.7 Å². The maximum Gasteiger partial charge on any atom is 0.256 e. The Morgan fingerprint density at radius 1 is 1.39 bits per heavy atom. The van der Waals surface area contributed by atoms with Crippen molar-refractivity contribution in [1.82, 2.24) is 20.4 Å². The number of aromatic nitrogens is 2. The number of hydrogen-bond donors (Lipinski definition) is 2. The van der Waals surface area contributed by atoms with E-state index in [-0.39, 0.29) is 18.4 Å². The van der Waals surface area contributed by atoms with Crippen LogP contribution in [0.1, 0.15) is 10.4 Å². The summed E-state index contributed by atoms with van der Waals surface area (Å²) in [5.74, 6) is -0.258. The molecule has 0 unspecified atom stereocenters. The van der Waals surface area contributed by atoms with Crippen molar-refractivity contribution in [2.45, 2.75) is 0 Å². The van der Waals surface area contributed by atoms with Gasteiger partial charge in [0.1, 0.15) is 0 Å². The number of amides is 2. The molecule has 0 atom stereocenters. The predicted molar refractivity (Wildman–Crippen MR) is 65.0 cm³/mol. The summed E-state index contributed by atoms with van der Waals surface area (Å²) in [7, 11) is 0.